The number of imide groups is 1. The third-order valence-electron chi connectivity index (χ3n) is 5.08. The van der Waals surface area contributed by atoms with Gasteiger partial charge in [-0.15, -0.1) is 0 Å². The van der Waals surface area contributed by atoms with E-state index in [9.17, 15) is 14.4 Å². The first-order valence-corrected chi connectivity index (χ1v) is 8.90. The largest absolute Gasteiger partial charge is 0.344 e. The second kappa shape index (κ2) is 7.23. The van der Waals surface area contributed by atoms with Gasteiger partial charge in [0, 0.05) is 5.56 Å². The monoisotopic (exact) mass is 365 g/mol. The maximum absolute atomic E-state index is 12.8. The number of urea groups is 1. The zero-order valence-corrected chi connectivity index (χ0v) is 15.7. The number of hydrogen-bond acceptors (Lipinski definition) is 3. The Kier molecular flexibility index (Phi) is 4.99. The van der Waals surface area contributed by atoms with Crippen molar-refractivity contribution in [2.45, 2.75) is 39.2 Å². The van der Waals surface area contributed by atoms with Crippen molar-refractivity contribution in [2.24, 2.45) is 0 Å². The van der Waals surface area contributed by atoms with Gasteiger partial charge in [-0.2, -0.15) is 5.01 Å². The molecular formula is C21H23N3O3. The molecule has 1 aliphatic rings. The Hall–Kier alpha value is -3.15. The van der Waals surface area contributed by atoms with Gasteiger partial charge in [0.1, 0.15) is 5.54 Å². The van der Waals surface area contributed by atoms with E-state index in [1.807, 2.05) is 50.2 Å². The van der Waals surface area contributed by atoms with E-state index in [0.717, 1.165) is 21.7 Å². The first-order valence-electron chi connectivity index (χ1n) is 8.90. The van der Waals surface area contributed by atoms with E-state index in [1.54, 1.807) is 19.1 Å². The Balaban J connectivity index is 1.72. The van der Waals surface area contributed by atoms with Gasteiger partial charge >= 0.3 is 6.03 Å². The molecule has 1 atom stereocenters. The number of hydrogen-bond donors (Lipinski definition) is 2. The van der Waals surface area contributed by atoms with Crippen LogP contribution in [-0.2, 0) is 11.2 Å². The van der Waals surface area contributed by atoms with Crippen LogP contribution in [0.15, 0.2) is 48.5 Å². The van der Waals surface area contributed by atoms with Crippen LogP contribution in [0.4, 0.5) is 4.79 Å². The molecule has 1 fully saturated rings. The number of nitrogens with one attached hydrogen (secondary N) is 2. The van der Waals surface area contributed by atoms with Gasteiger partial charge in [0.2, 0.25) is 0 Å². The topological polar surface area (TPSA) is 78.5 Å². The van der Waals surface area contributed by atoms with E-state index in [0.29, 0.717) is 18.4 Å². The van der Waals surface area contributed by atoms with E-state index >= 15 is 0 Å². The van der Waals surface area contributed by atoms with Gasteiger partial charge in [-0.05, 0) is 56.4 Å². The van der Waals surface area contributed by atoms with Crippen LogP contribution >= 0.6 is 0 Å². The maximum atomic E-state index is 12.8. The van der Waals surface area contributed by atoms with Gasteiger partial charge in [-0.1, -0.05) is 42.5 Å². The molecular weight excluding hydrogens is 342 g/mol. The van der Waals surface area contributed by atoms with Crippen molar-refractivity contribution in [1.82, 2.24) is 15.8 Å². The normalized spacial score (nSPS) is 19.1. The Morgan fingerprint density at radius 3 is 2.48 bits per heavy atom. The number of carbonyl (C=O) groups is 3. The fraction of sp³-hybridized carbons (Fsp3) is 0.286. The Labute approximate surface area is 158 Å². The smallest absolute Gasteiger partial charge is 0.322 e. The van der Waals surface area contributed by atoms with Gasteiger partial charge in [0.15, 0.2) is 0 Å². The van der Waals surface area contributed by atoms with E-state index in [-0.39, 0.29) is 0 Å². The Morgan fingerprint density at radius 1 is 1.07 bits per heavy atom. The molecule has 2 aromatic rings. The summed E-state index contributed by atoms with van der Waals surface area (Å²) in [5, 5.41) is 3.49. The third kappa shape index (κ3) is 3.69. The highest BCUT2D eigenvalue weighted by molar-refractivity contribution is 6.09. The van der Waals surface area contributed by atoms with E-state index < -0.39 is 23.4 Å². The van der Waals surface area contributed by atoms with Crippen LogP contribution in [0.1, 0.15) is 40.4 Å². The van der Waals surface area contributed by atoms with Crippen molar-refractivity contribution in [3.63, 3.8) is 0 Å². The number of benzene rings is 2. The summed E-state index contributed by atoms with van der Waals surface area (Å²) in [5.74, 6) is -0.936. The maximum Gasteiger partial charge on any atom is 0.344 e. The Bertz CT molecular complexity index is 895. The molecule has 1 heterocycles. The van der Waals surface area contributed by atoms with Crippen LogP contribution in [0.25, 0.3) is 0 Å². The first-order chi connectivity index (χ1) is 12.8. The summed E-state index contributed by atoms with van der Waals surface area (Å²) in [7, 11) is 0. The minimum absolute atomic E-state index is 0.438. The zero-order chi connectivity index (χ0) is 19.6. The van der Waals surface area contributed by atoms with Crippen LogP contribution in [0.3, 0.4) is 0 Å². The van der Waals surface area contributed by atoms with Crippen molar-refractivity contribution >= 4 is 17.8 Å². The summed E-state index contributed by atoms with van der Waals surface area (Å²) in [6, 6.07) is 14.5. The molecule has 0 spiro atoms. The lowest BCUT2D eigenvalue weighted by atomic mass is 9.93. The van der Waals surface area contributed by atoms with E-state index in [4.69, 9.17) is 0 Å². The number of carbonyl (C=O) groups excluding carboxylic acids is 3. The molecule has 1 aliphatic heterocycles. The third-order valence-corrected chi connectivity index (χ3v) is 5.08. The van der Waals surface area contributed by atoms with Crippen LogP contribution in [0.2, 0.25) is 0 Å². The first kappa shape index (κ1) is 18.6. The average Bonchev–Trinajstić information content (AvgIpc) is 2.86. The zero-order valence-electron chi connectivity index (χ0n) is 15.7. The summed E-state index contributed by atoms with van der Waals surface area (Å²) in [4.78, 5) is 37.7. The SMILES string of the molecule is Cc1cccc(C(=O)NN2C(=O)NC(C)(CCc3ccccc3)C2=O)c1C. The molecule has 4 amide bonds. The van der Waals surface area contributed by atoms with Crippen molar-refractivity contribution in [1.29, 1.82) is 0 Å². The summed E-state index contributed by atoms with van der Waals surface area (Å²) in [6.07, 6.45) is 1.08. The number of hydrazine groups is 1. The summed E-state index contributed by atoms with van der Waals surface area (Å²) < 4.78 is 0. The van der Waals surface area contributed by atoms with Crippen LogP contribution in [0.5, 0.6) is 0 Å². The fourth-order valence-electron chi connectivity index (χ4n) is 3.15. The van der Waals surface area contributed by atoms with Gasteiger partial charge in [0.05, 0.1) is 0 Å². The predicted octanol–water partition coefficient (Wildman–Crippen LogP) is 2.89. The van der Waals surface area contributed by atoms with E-state index in [2.05, 4.69) is 10.7 Å². The average molecular weight is 365 g/mol. The van der Waals surface area contributed by atoms with Gasteiger partial charge in [-0.3, -0.25) is 15.0 Å². The molecule has 27 heavy (non-hydrogen) atoms. The molecule has 6 heteroatoms. The highest BCUT2D eigenvalue weighted by Crippen LogP contribution is 2.23. The number of amides is 4. The molecule has 2 aromatic carbocycles. The van der Waals surface area contributed by atoms with Crippen molar-refractivity contribution in [3.8, 4) is 0 Å². The van der Waals surface area contributed by atoms with Gasteiger partial charge < -0.3 is 5.32 Å². The van der Waals surface area contributed by atoms with E-state index in [1.165, 1.54) is 0 Å². The summed E-state index contributed by atoms with van der Waals surface area (Å²) in [6.45, 7) is 5.42. The van der Waals surface area contributed by atoms with Crippen molar-refractivity contribution < 1.29 is 14.4 Å². The molecule has 140 valence electrons. The molecule has 3 rings (SSSR count). The summed E-state index contributed by atoms with van der Waals surface area (Å²) in [5.41, 5.74) is 4.69. The van der Waals surface area contributed by atoms with Crippen molar-refractivity contribution in [3.05, 3.63) is 70.8 Å². The van der Waals surface area contributed by atoms with Crippen LogP contribution in [-0.4, -0.2) is 28.4 Å². The number of nitrogens with zero attached hydrogens (tertiary/aromatic N) is 1. The predicted molar refractivity (Wildman–Crippen MR) is 102 cm³/mol. The van der Waals surface area contributed by atoms with Crippen LogP contribution < -0.4 is 10.7 Å². The van der Waals surface area contributed by atoms with Crippen LogP contribution in [0, 0.1) is 13.8 Å². The standard InChI is InChI=1S/C21H23N3O3/c1-14-8-7-11-17(15(14)2)18(25)23-24-19(26)21(3,22-20(24)27)13-12-16-9-5-4-6-10-16/h4-11H,12-13H2,1-3H3,(H,22,27)(H,23,25). The molecule has 0 saturated carbocycles. The second-order valence-corrected chi connectivity index (χ2v) is 7.08. The highest BCUT2D eigenvalue weighted by Gasteiger charge is 2.48. The number of rotatable bonds is 5. The molecule has 2 N–H and O–H groups in total. The molecule has 0 bridgehead atoms. The quantitative estimate of drug-likeness (QED) is 0.800. The lowest BCUT2D eigenvalue weighted by molar-refractivity contribution is -0.132. The molecule has 0 aliphatic carbocycles. The molecule has 1 unspecified atom stereocenters. The molecule has 6 nitrogen and oxygen atoms in total. The molecule has 1 saturated heterocycles. The van der Waals surface area contributed by atoms with Gasteiger partial charge in [-0.25, -0.2) is 4.79 Å². The Morgan fingerprint density at radius 2 is 1.78 bits per heavy atom. The molecule has 0 radical (unpaired) electrons. The van der Waals surface area contributed by atoms with Gasteiger partial charge in [0.25, 0.3) is 11.8 Å². The minimum atomic E-state index is -1.05. The number of aryl methyl sites for hydroxylation is 2. The summed E-state index contributed by atoms with van der Waals surface area (Å²) >= 11 is 0. The second-order valence-electron chi connectivity index (χ2n) is 7.08. The molecule has 0 aromatic heterocycles. The lowest BCUT2D eigenvalue weighted by Gasteiger charge is -2.21. The highest BCUT2D eigenvalue weighted by atomic mass is 16.2. The minimum Gasteiger partial charge on any atom is -0.322 e. The lowest BCUT2D eigenvalue weighted by Crippen LogP contribution is -2.49. The fourth-order valence-corrected chi connectivity index (χ4v) is 3.15. The van der Waals surface area contributed by atoms with Crippen molar-refractivity contribution in [2.75, 3.05) is 0 Å².